The van der Waals surface area contributed by atoms with Gasteiger partial charge in [0.15, 0.2) is 11.5 Å². The van der Waals surface area contributed by atoms with E-state index in [0.717, 1.165) is 0 Å². The molecule has 0 spiro atoms. The molecule has 1 aromatic rings. The summed E-state index contributed by atoms with van der Waals surface area (Å²) in [4.78, 5) is 48.6. The summed E-state index contributed by atoms with van der Waals surface area (Å²) in [5, 5.41) is 3.03. The Labute approximate surface area is 212 Å². The lowest BCUT2D eigenvalue weighted by Crippen LogP contribution is -2.43. The van der Waals surface area contributed by atoms with Gasteiger partial charge >= 0.3 is 24.1 Å². The Bertz CT molecular complexity index is 897. The second-order valence-corrected chi connectivity index (χ2v) is 9.14. The number of rotatable bonds is 13. The molecule has 2 unspecified atom stereocenters. The first-order valence-electron chi connectivity index (χ1n) is 12.1. The Hall–Kier alpha value is -3.14. The number of hydrogen-bond acceptors (Lipinski definition) is 10. The quantitative estimate of drug-likeness (QED) is 0.310. The smallest absolute Gasteiger partial charge is 0.468 e. The van der Waals surface area contributed by atoms with Crippen LogP contribution in [0.1, 0.15) is 60.5 Å². The third-order valence-electron chi connectivity index (χ3n) is 5.12. The van der Waals surface area contributed by atoms with E-state index in [9.17, 15) is 19.2 Å². The number of esters is 3. The summed E-state index contributed by atoms with van der Waals surface area (Å²) in [7, 11) is 1.27. The van der Waals surface area contributed by atoms with Crippen molar-refractivity contribution in [1.82, 2.24) is 5.32 Å². The van der Waals surface area contributed by atoms with E-state index in [0.29, 0.717) is 12.0 Å². The van der Waals surface area contributed by atoms with Gasteiger partial charge in [-0.3, -0.25) is 14.4 Å². The van der Waals surface area contributed by atoms with Crippen molar-refractivity contribution in [3.8, 4) is 11.5 Å². The van der Waals surface area contributed by atoms with E-state index in [1.165, 1.54) is 13.2 Å². The average Bonchev–Trinajstić information content (AvgIpc) is 2.81. The number of benzene rings is 1. The molecule has 36 heavy (non-hydrogen) atoms. The van der Waals surface area contributed by atoms with Crippen LogP contribution in [0.15, 0.2) is 18.2 Å². The van der Waals surface area contributed by atoms with Crippen LogP contribution in [0, 0.1) is 11.8 Å². The Morgan fingerprint density at radius 2 is 1.36 bits per heavy atom. The molecular weight excluding hydrogens is 470 g/mol. The van der Waals surface area contributed by atoms with Gasteiger partial charge in [-0.2, -0.15) is 0 Å². The predicted octanol–water partition coefficient (Wildman–Crippen LogP) is 3.82. The molecule has 0 heterocycles. The zero-order chi connectivity index (χ0) is 27.4. The normalized spacial score (nSPS) is 13.5. The van der Waals surface area contributed by atoms with E-state index in [1.807, 2.05) is 6.92 Å². The van der Waals surface area contributed by atoms with Gasteiger partial charge in [0, 0.05) is 6.54 Å². The maximum Gasteiger partial charge on any atom is 0.508 e. The molecule has 3 atom stereocenters. The number of hydrogen-bond donors (Lipinski definition) is 1. The molecule has 10 nitrogen and oxygen atoms in total. The minimum absolute atomic E-state index is 0.0771. The summed E-state index contributed by atoms with van der Waals surface area (Å²) in [6.07, 6.45) is -0.787. The molecule has 0 radical (unpaired) electrons. The van der Waals surface area contributed by atoms with Crippen molar-refractivity contribution in [3.63, 3.8) is 0 Å². The SMILES string of the molecule is CCC(C)OC(=O)OC(C)CN[C@@H](Cc1ccc(OC(=O)C(C)C)c(OC(=O)C(C)C)c1)C(=O)OC. The molecule has 1 rings (SSSR count). The van der Waals surface area contributed by atoms with Crippen molar-refractivity contribution in [3.05, 3.63) is 23.8 Å². The molecule has 0 fully saturated rings. The number of nitrogens with one attached hydrogen (secondary N) is 1. The van der Waals surface area contributed by atoms with Gasteiger partial charge in [-0.1, -0.05) is 40.7 Å². The van der Waals surface area contributed by atoms with Gasteiger partial charge in [0.25, 0.3) is 0 Å². The number of carbonyl (C=O) groups is 4. The topological polar surface area (TPSA) is 126 Å². The highest BCUT2D eigenvalue weighted by molar-refractivity contribution is 5.78. The number of carbonyl (C=O) groups excluding carboxylic acids is 4. The Morgan fingerprint density at radius 3 is 1.89 bits per heavy atom. The maximum absolute atomic E-state index is 12.4. The van der Waals surface area contributed by atoms with Gasteiger partial charge < -0.3 is 29.0 Å². The van der Waals surface area contributed by atoms with Gasteiger partial charge in [-0.05, 0) is 44.4 Å². The predicted molar refractivity (Wildman–Crippen MR) is 132 cm³/mol. The maximum atomic E-state index is 12.4. The summed E-state index contributed by atoms with van der Waals surface area (Å²) in [5.74, 6) is -2.09. The van der Waals surface area contributed by atoms with Gasteiger partial charge in [-0.15, -0.1) is 0 Å². The highest BCUT2D eigenvalue weighted by atomic mass is 16.7. The Balaban J connectivity index is 3.01. The molecule has 0 aliphatic heterocycles. The largest absolute Gasteiger partial charge is 0.508 e. The molecule has 0 saturated carbocycles. The minimum atomic E-state index is -0.788. The van der Waals surface area contributed by atoms with E-state index in [4.69, 9.17) is 23.7 Å². The fraction of sp³-hybridized carbons (Fsp3) is 0.615. The van der Waals surface area contributed by atoms with Crippen molar-refractivity contribution in [2.24, 2.45) is 11.8 Å². The summed E-state index contributed by atoms with van der Waals surface area (Å²) in [6, 6.07) is 3.94. The standard InChI is InChI=1S/C26H39NO9/c1-9-17(6)33-26(31)34-18(7)14-27-20(25(30)32-8)12-19-10-11-21(35-23(28)15(2)3)22(13-19)36-24(29)16(4)5/h10-11,13,15-18,20,27H,9,12,14H2,1-8H3/t17?,18?,20-/m0/s1. The minimum Gasteiger partial charge on any atom is -0.468 e. The second kappa shape index (κ2) is 15.1. The first kappa shape index (κ1) is 30.9. The van der Waals surface area contributed by atoms with Crippen LogP contribution in [0.3, 0.4) is 0 Å². The molecule has 1 N–H and O–H groups in total. The van der Waals surface area contributed by atoms with Crippen molar-refractivity contribution < 1.29 is 42.9 Å². The lowest BCUT2D eigenvalue weighted by Gasteiger charge is -2.21. The molecule has 0 amide bonds. The molecule has 0 aliphatic carbocycles. The third-order valence-corrected chi connectivity index (χ3v) is 5.12. The van der Waals surface area contributed by atoms with Crippen LogP contribution in [0.4, 0.5) is 4.79 Å². The fourth-order valence-electron chi connectivity index (χ4n) is 2.70. The Kier molecular flexibility index (Phi) is 12.9. The van der Waals surface area contributed by atoms with E-state index in [2.05, 4.69) is 5.32 Å². The van der Waals surface area contributed by atoms with Crippen molar-refractivity contribution >= 4 is 24.1 Å². The Morgan fingerprint density at radius 1 is 0.806 bits per heavy atom. The zero-order valence-corrected chi connectivity index (χ0v) is 22.4. The summed E-state index contributed by atoms with van der Waals surface area (Å²) in [5.41, 5.74) is 0.624. The van der Waals surface area contributed by atoms with Crippen LogP contribution in [0.2, 0.25) is 0 Å². The molecule has 1 aromatic carbocycles. The molecule has 0 saturated heterocycles. The molecule has 10 heteroatoms. The van der Waals surface area contributed by atoms with Gasteiger partial charge in [0.05, 0.1) is 18.9 Å². The fourth-order valence-corrected chi connectivity index (χ4v) is 2.70. The van der Waals surface area contributed by atoms with Crippen LogP contribution >= 0.6 is 0 Å². The van der Waals surface area contributed by atoms with Gasteiger partial charge in [-0.25, -0.2) is 4.79 Å². The van der Waals surface area contributed by atoms with Crippen LogP contribution in [-0.2, 0) is 35.0 Å². The monoisotopic (exact) mass is 509 g/mol. The molecule has 0 aliphatic rings. The molecule has 0 bridgehead atoms. The van der Waals surface area contributed by atoms with Gasteiger partial charge in [0.1, 0.15) is 18.2 Å². The van der Waals surface area contributed by atoms with Crippen LogP contribution < -0.4 is 14.8 Å². The van der Waals surface area contributed by atoms with Gasteiger partial charge in [0.2, 0.25) is 0 Å². The van der Waals surface area contributed by atoms with Crippen LogP contribution in [-0.4, -0.2) is 56.0 Å². The van der Waals surface area contributed by atoms with E-state index < -0.39 is 42.1 Å². The highest BCUT2D eigenvalue weighted by Gasteiger charge is 2.24. The van der Waals surface area contributed by atoms with Crippen LogP contribution in [0.25, 0.3) is 0 Å². The van der Waals surface area contributed by atoms with E-state index in [-0.39, 0.29) is 36.5 Å². The molecule has 0 aromatic heterocycles. The summed E-state index contributed by atoms with van der Waals surface area (Å²) in [6.45, 7) is 12.2. The van der Waals surface area contributed by atoms with Crippen molar-refractivity contribution in [2.45, 2.75) is 79.6 Å². The number of methoxy groups -OCH3 is 1. The first-order valence-corrected chi connectivity index (χ1v) is 12.1. The van der Waals surface area contributed by atoms with E-state index in [1.54, 1.807) is 53.7 Å². The first-order chi connectivity index (χ1) is 16.9. The molecular formula is C26H39NO9. The van der Waals surface area contributed by atoms with Crippen LogP contribution in [0.5, 0.6) is 11.5 Å². The van der Waals surface area contributed by atoms with E-state index >= 15 is 0 Å². The molecule has 202 valence electrons. The summed E-state index contributed by atoms with van der Waals surface area (Å²) >= 11 is 0. The third kappa shape index (κ3) is 10.6. The average molecular weight is 510 g/mol. The lowest BCUT2D eigenvalue weighted by molar-refractivity contribution is -0.143. The highest BCUT2D eigenvalue weighted by Crippen LogP contribution is 2.30. The van der Waals surface area contributed by atoms with Crippen molar-refractivity contribution in [1.29, 1.82) is 0 Å². The number of ether oxygens (including phenoxy) is 5. The second-order valence-electron chi connectivity index (χ2n) is 9.14. The van der Waals surface area contributed by atoms with Crippen molar-refractivity contribution in [2.75, 3.05) is 13.7 Å². The zero-order valence-electron chi connectivity index (χ0n) is 22.4. The summed E-state index contributed by atoms with van der Waals surface area (Å²) < 4.78 is 26.1. The lowest BCUT2D eigenvalue weighted by atomic mass is 10.0.